The Hall–Kier alpha value is -1.35. The van der Waals surface area contributed by atoms with Gasteiger partial charge in [-0.15, -0.1) is 0 Å². The Bertz CT molecular complexity index is 516. The first-order valence-corrected chi connectivity index (χ1v) is 8.15. The molecule has 1 aromatic carbocycles. The summed E-state index contributed by atoms with van der Waals surface area (Å²) in [7, 11) is 0. The molecule has 114 valence electrons. The number of ether oxygens (including phenoxy) is 1. The lowest BCUT2D eigenvalue weighted by Crippen LogP contribution is -2.29. The summed E-state index contributed by atoms with van der Waals surface area (Å²) in [6.07, 6.45) is 4.39. The summed E-state index contributed by atoms with van der Waals surface area (Å²) >= 11 is 0. The fourth-order valence-corrected chi connectivity index (χ4v) is 3.80. The number of benzene rings is 1. The van der Waals surface area contributed by atoms with Crippen LogP contribution in [0.15, 0.2) is 18.2 Å². The van der Waals surface area contributed by atoms with Crippen molar-refractivity contribution in [1.29, 1.82) is 0 Å². The maximum Gasteiger partial charge on any atom is 0.338 e. The van der Waals surface area contributed by atoms with E-state index in [0.717, 1.165) is 32.4 Å². The molecular formula is C18H25NO2. The second-order valence-corrected chi connectivity index (χ2v) is 6.86. The summed E-state index contributed by atoms with van der Waals surface area (Å²) in [5.74, 6) is 1.15. The van der Waals surface area contributed by atoms with Crippen molar-refractivity contribution in [3.05, 3.63) is 34.9 Å². The molecule has 2 unspecified atom stereocenters. The smallest absolute Gasteiger partial charge is 0.338 e. The highest BCUT2D eigenvalue weighted by molar-refractivity contribution is 5.89. The fraction of sp³-hybridized carbons (Fsp3) is 0.611. The molecule has 1 saturated carbocycles. The monoisotopic (exact) mass is 287 g/mol. The number of hydrogen-bond acceptors (Lipinski definition) is 3. The van der Waals surface area contributed by atoms with Crippen LogP contribution in [0.1, 0.15) is 54.6 Å². The molecule has 0 bridgehead atoms. The Morgan fingerprint density at radius 2 is 1.90 bits per heavy atom. The molecule has 3 rings (SSSR count). The largest absolute Gasteiger partial charge is 0.459 e. The van der Waals surface area contributed by atoms with Gasteiger partial charge in [0.15, 0.2) is 0 Å². The number of esters is 1. The highest BCUT2D eigenvalue weighted by Gasteiger charge is 2.27. The molecule has 2 atom stereocenters. The Morgan fingerprint density at radius 3 is 2.67 bits per heavy atom. The van der Waals surface area contributed by atoms with Gasteiger partial charge in [0.25, 0.3) is 0 Å². The van der Waals surface area contributed by atoms with Crippen LogP contribution >= 0.6 is 0 Å². The number of fused-ring (bicyclic) bond motifs is 1. The standard InChI is InChI=1S/C18H25NO2/c1-12-7-13(2)9-17(8-12)21-18(20)15-4-3-14-5-6-19-11-16(14)10-15/h3-4,10,12-13,17,19H,5-9,11H2,1-2H3. The first-order chi connectivity index (χ1) is 10.1. The normalized spacial score (nSPS) is 28.8. The number of carbonyl (C=O) groups excluding carboxylic acids is 1. The zero-order valence-electron chi connectivity index (χ0n) is 13.0. The minimum atomic E-state index is -0.158. The molecule has 1 aromatic rings. The maximum absolute atomic E-state index is 12.4. The molecule has 0 amide bonds. The van der Waals surface area contributed by atoms with E-state index in [4.69, 9.17) is 4.74 Å². The van der Waals surface area contributed by atoms with Crippen LogP contribution in [0.5, 0.6) is 0 Å². The van der Waals surface area contributed by atoms with Crippen LogP contribution < -0.4 is 5.32 Å². The molecule has 0 saturated heterocycles. The fourth-order valence-electron chi connectivity index (χ4n) is 3.80. The number of carbonyl (C=O) groups is 1. The lowest BCUT2D eigenvalue weighted by molar-refractivity contribution is 0.00804. The van der Waals surface area contributed by atoms with Gasteiger partial charge < -0.3 is 10.1 Å². The number of hydrogen-bond donors (Lipinski definition) is 1. The summed E-state index contributed by atoms with van der Waals surface area (Å²) in [4.78, 5) is 12.4. The van der Waals surface area contributed by atoms with Gasteiger partial charge >= 0.3 is 5.97 Å². The first kappa shape index (κ1) is 14.6. The van der Waals surface area contributed by atoms with Crippen molar-refractivity contribution in [3.63, 3.8) is 0 Å². The first-order valence-electron chi connectivity index (χ1n) is 8.15. The van der Waals surface area contributed by atoms with Crippen LogP contribution in [-0.4, -0.2) is 18.6 Å². The molecule has 1 aliphatic carbocycles. The molecule has 3 nitrogen and oxygen atoms in total. The van der Waals surface area contributed by atoms with E-state index in [1.807, 2.05) is 12.1 Å². The van der Waals surface area contributed by atoms with E-state index in [0.29, 0.717) is 17.4 Å². The molecule has 1 aliphatic heterocycles. The molecule has 1 N–H and O–H groups in total. The summed E-state index contributed by atoms with van der Waals surface area (Å²) in [5.41, 5.74) is 3.29. The lowest BCUT2D eigenvalue weighted by atomic mass is 9.82. The molecule has 2 aliphatic rings. The van der Waals surface area contributed by atoms with Crippen molar-refractivity contribution in [2.45, 2.75) is 52.2 Å². The number of rotatable bonds is 2. The molecule has 0 spiro atoms. The van der Waals surface area contributed by atoms with Gasteiger partial charge in [-0.3, -0.25) is 0 Å². The van der Waals surface area contributed by atoms with Crippen molar-refractivity contribution >= 4 is 5.97 Å². The zero-order valence-corrected chi connectivity index (χ0v) is 13.0. The van der Waals surface area contributed by atoms with Crippen molar-refractivity contribution in [1.82, 2.24) is 5.32 Å². The second-order valence-electron chi connectivity index (χ2n) is 6.86. The van der Waals surface area contributed by atoms with Gasteiger partial charge in [0.1, 0.15) is 6.10 Å². The SMILES string of the molecule is CC1CC(C)CC(OC(=O)c2ccc3c(c2)CNCC3)C1. The van der Waals surface area contributed by atoms with Crippen LogP contribution in [-0.2, 0) is 17.7 Å². The average molecular weight is 287 g/mol. The van der Waals surface area contributed by atoms with E-state index in [-0.39, 0.29) is 12.1 Å². The van der Waals surface area contributed by atoms with Crippen LogP contribution in [0, 0.1) is 11.8 Å². The summed E-state index contributed by atoms with van der Waals surface area (Å²) in [6.45, 7) is 6.38. The quantitative estimate of drug-likeness (QED) is 0.848. The zero-order chi connectivity index (χ0) is 14.8. The van der Waals surface area contributed by atoms with E-state index >= 15 is 0 Å². The minimum Gasteiger partial charge on any atom is -0.459 e. The van der Waals surface area contributed by atoms with Gasteiger partial charge in [-0.05, 0) is 67.3 Å². The van der Waals surface area contributed by atoms with Crippen LogP contribution in [0.2, 0.25) is 0 Å². The lowest BCUT2D eigenvalue weighted by Gasteiger charge is -2.31. The van der Waals surface area contributed by atoms with Gasteiger partial charge in [0, 0.05) is 6.54 Å². The van der Waals surface area contributed by atoms with Crippen molar-refractivity contribution < 1.29 is 9.53 Å². The molecule has 3 heteroatoms. The van der Waals surface area contributed by atoms with Gasteiger partial charge in [-0.25, -0.2) is 4.79 Å². The van der Waals surface area contributed by atoms with Gasteiger partial charge in [-0.1, -0.05) is 19.9 Å². The highest BCUT2D eigenvalue weighted by Crippen LogP contribution is 2.31. The highest BCUT2D eigenvalue weighted by atomic mass is 16.5. The Kier molecular flexibility index (Phi) is 4.29. The molecule has 0 aromatic heterocycles. The third-order valence-corrected chi connectivity index (χ3v) is 4.74. The van der Waals surface area contributed by atoms with Crippen molar-refractivity contribution in [2.75, 3.05) is 6.54 Å². The number of nitrogens with one attached hydrogen (secondary N) is 1. The van der Waals surface area contributed by atoms with Crippen LogP contribution in [0.4, 0.5) is 0 Å². The van der Waals surface area contributed by atoms with Gasteiger partial charge in [0.05, 0.1) is 5.56 Å². The van der Waals surface area contributed by atoms with E-state index < -0.39 is 0 Å². The third kappa shape index (κ3) is 3.46. The molecule has 1 heterocycles. The Labute approximate surface area is 127 Å². The Morgan fingerprint density at radius 1 is 1.14 bits per heavy atom. The molecular weight excluding hydrogens is 262 g/mol. The van der Waals surface area contributed by atoms with Gasteiger partial charge in [0.2, 0.25) is 0 Å². The van der Waals surface area contributed by atoms with E-state index in [2.05, 4.69) is 25.2 Å². The minimum absolute atomic E-state index is 0.0883. The second kappa shape index (κ2) is 6.18. The van der Waals surface area contributed by atoms with Crippen LogP contribution in [0.25, 0.3) is 0 Å². The van der Waals surface area contributed by atoms with E-state index in [1.54, 1.807) is 0 Å². The predicted octanol–water partition coefficient (Wildman–Crippen LogP) is 3.31. The molecule has 0 radical (unpaired) electrons. The van der Waals surface area contributed by atoms with Crippen molar-refractivity contribution in [3.8, 4) is 0 Å². The summed E-state index contributed by atoms with van der Waals surface area (Å²) < 4.78 is 5.75. The van der Waals surface area contributed by atoms with Gasteiger partial charge in [-0.2, -0.15) is 0 Å². The Balaban J connectivity index is 1.67. The summed E-state index contributed by atoms with van der Waals surface area (Å²) in [5, 5.41) is 3.35. The third-order valence-electron chi connectivity index (χ3n) is 4.74. The average Bonchev–Trinajstić information content (AvgIpc) is 2.45. The molecule has 1 fully saturated rings. The maximum atomic E-state index is 12.4. The van der Waals surface area contributed by atoms with Crippen molar-refractivity contribution in [2.24, 2.45) is 11.8 Å². The molecule has 21 heavy (non-hydrogen) atoms. The van der Waals surface area contributed by atoms with Crippen LogP contribution in [0.3, 0.4) is 0 Å². The van der Waals surface area contributed by atoms with E-state index in [1.165, 1.54) is 17.5 Å². The summed E-state index contributed by atoms with van der Waals surface area (Å²) in [6, 6.07) is 6.00. The topological polar surface area (TPSA) is 38.3 Å². The predicted molar refractivity (Wildman–Crippen MR) is 83.2 cm³/mol. The van der Waals surface area contributed by atoms with E-state index in [9.17, 15) is 4.79 Å².